The van der Waals surface area contributed by atoms with E-state index in [1.165, 1.54) is 6.20 Å². The van der Waals surface area contributed by atoms with Crippen LogP contribution in [-0.2, 0) is 4.79 Å². The number of nitrogens with one attached hydrogen (secondary N) is 4. The van der Waals surface area contributed by atoms with Crippen LogP contribution in [0.5, 0.6) is 0 Å². The van der Waals surface area contributed by atoms with E-state index in [1.54, 1.807) is 24.3 Å². The van der Waals surface area contributed by atoms with E-state index in [0.29, 0.717) is 30.5 Å². The monoisotopic (exact) mass is 344 g/mol. The SMILES string of the molecule is O=C(CNC(=O)c1c[nH]c2ccccc2c1=O)NCC1CNCC1O. The summed E-state index contributed by atoms with van der Waals surface area (Å²) in [6, 6.07) is 6.90. The quantitative estimate of drug-likeness (QED) is 0.474. The van der Waals surface area contributed by atoms with Gasteiger partial charge in [0.2, 0.25) is 11.3 Å². The van der Waals surface area contributed by atoms with Crippen molar-refractivity contribution >= 4 is 22.7 Å². The summed E-state index contributed by atoms with van der Waals surface area (Å²) in [4.78, 5) is 39.2. The molecule has 5 N–H and O–H groups in total. The Morgan fingerprint density at radius 3 is 2.76 bits per heavy atom. The number of β-amino-alcohol motifs (C(OH)–C–C–N with tert-alkyl or cyclic N) is 1. The smallest absolute Gasteiger partial charge is 0.257 e. The van der Waals surface area contributed by atoms with Crippen molar-refractivity contribution in [3.8, 4) is 0 Å². The molecule has 0 saturated carbocycles. The number of benzene rings is 1. The fourth-order valence-electron chi connectivity index (χ4n) is 2.83. The molecule has 2 atom stereocenters. The van der Waals surface area contributed by atoms with Crippen molar-refractivity contribution in [1.82, 2.24) is 20.9 Å². The second-order valence-electron chi connectivity index (χ2n) is 6.05. The minimum Gasteiger partial charge on any atom is -0.391 e. The zero-order valence-electron chi connectivity index (χ0n) is 13.5. The number of pyridine rings is 1. The summed E-state index contributed by atoms with van der Waals surface area (Å²) in [5, 5.41) is 18.2. The number of aromatic nitrogens is 1. The van der Waals surface area contributed by atoms with Gasteiger partial charge in [0.1, 0.15) is 5.56 Å². The second kappa shape index (κ2) is 7.45. The van der Waals surface area contributed by atoms with Gasteiger partial charge in [0.05, 0.1) is 12.6 Å². The van der Waals surface area contributed by atoms with Crippen LogP contribution in [0.25, 0.3) is 10.9 Å². The Labute approximate surface area is 143 Å². The third kappa shape index (κ3) is 3.86. The predicted molar refractivity (Wildman–Crippen MR) is 92.3 cm³/mol. The number of aliphatic hydroxyl groups excluding tert-OH is 1. The van der Waals surface area contributed by atoms with E-state index in [9.17, 15) is 19.5 Å². The summed E-state index contributed by atoms with van der Waals surface area (Å²) in [6.45, 7) is 1.25. The maximum atomic E-state index is 12.3. The number of para-hydroxylation sites is 1. The fraction of sp³-hybridized carbons (Fsp3) is 0.353. The molecule has 2 heterocycles. The number of hydrogen-bond donors (Lipinski definition) is 5. The number of H-pyrrole nitrogens is 1. The summed E-state index contributed by atoms with van der Waals surface area (Å²) in [7, 11) is 0. The van der Waals surface area contributed by atoms with Gasteiger partial charge in [0.15, 0.2) is 0 Å². The molecule has 132 valence electrons. The molecule has 0 bridgehead atoms. The lowest BCUT2D eigenvalue weighted by Crippen LogP contribution is -2.41. The first-order valence-electron chi connectivity index (χ1n) is 8.10. The van der Waals surface area contributed by atoms with Crippen LogP contribution in [0.15, 0.2) is 35.3 Å². The molecule has 1 fully saturated rings. The van der Waals surface area contributed by atoms with E-state index in [2.05, 4.69) is 20.9 Å². The Kier molecular flexibility index (Phi) is 5.11. The van der Waals surface area contributed by atoms with Crippen LogP contribution in [-0.4, -0.2) is 54.2 Å². The molecule has 3 rings (SSSR count). The summed E-state index contributed by atoms with van der Waals surface area (Å²) in [5.41, 5.74) is 0.222. The zero-order valence-corrected chi connectivity index (χ0v) is 13.5. The molecule has 1 saturated heterocycles. The van der Waals surface area contributed by atoms with Crippen molar-refractivity contribution in [2.45, 2.75) is 6.10 Å². The Morgan fingerprint density at radius 2 is 2.00 bits per heavy atom. The van der Waals surface area contributed by atoms with Crippen LogP contribution in [0.2, 0.25) is 0 Å². The fourth-order valence-corrected chi connectivity index (χ4v) is 2.83. The first-order chi connectivity index (χ1) is 12.1. The highest BCUT2D eigenvalue weighted by molar-refractivity contribution is 5.98. The molecule has 8 nitrogen and oxygen atoms in total. The van der Waals surface area contributed by atoms with Gasteiger partial charge in [-0.2, -0.15) is 0 Å². The lowest BCUT2D eigenvalue weighted by atomic mass is 10.1. The standard InChI is InChI=1S/C17H20N4O4/c22-14-8-18-5-10(14)6-20-15(23)9-21-17(25)12-7-19-13-4-2-1-3-11(13)16(12)24/h1-4,7,10,14,18,22H,5-6,8-9H2,(H,19,24)(H,20,23)(H,21,25). The normalized spacial score (nSPS) is 19.7. The summed E-state index contributed by atoms with van der Waals surface area (Å²) < 4.78 is 0. The zero-order chi connectivity index (χ0) is 17.8. The molecule has 0 spiro atoms. The van der Waals surface area contributed by atoms with Crippen molar-refractivity contribution in [3.63, 3.8) is 0 Å². The first kappa shape index (κ1) is 17.1. The lowest BCUT2D eigenvalue weighted by Gasteiger charge is -2.14. The van der Waals surface area contributed by atoms with Gasteiger partial charge >= 0.3 is 0 Å². The molecule has 0 aliphatic carbocycles. The van der Waals surface area contributed by atoms with Gasteiger partial charge in [-0.25, -0.2) is 0 Å². The number of amides is 2. The Balaban J connectivity index is 1.56. The summed E-state index contributed by atoms with van der Waals surface area (Å²) in [6.07, 6.45) is 0.865. The van der Waals surface area contributed by atoms with Crippen molar-refractivity contribution in [2.75, 3.05) is 26.2 Å². The van der Waals surface area contributed by atoms with Gasteiger partial charge in [0, 0.05) is 42.7 Å². The molecule has 1 aliphatic heterocycles. The topological polar surface area (TPSA) is 123 Å². The molecular weight excluding hydrogens is 324 g/mol. The number of aliphatic hydroxyl groups is 1. The van der Waals surface area contributed by atoms with Crippen molar-refractivity contribution in [3.05, 3.63) is 46.2 Å². The first-order valence-corrected chi connectivity index (χ1v) is 8.10. The van der Waals surface area contributed by atoms with Crippen LogP contribution in [0.3, 0.4) is 0 Å². The lowest BCUT2D eigenvalue weighted by molar-refractivity contribution is -0.120. The van der Waals surface area contributed by atoms with E-state index in [0.717, 1.165) is 0 Å². The van der Waals surface area contributed by atoms with Gasteiger partial charge in [-0.05, 0) is 12.1 Å². The van der Waals surface area contributed by atoms with E-state index >= 15 is 0 Å². The van der Waals surface area contributed by atoms with Crippen molar-refractivity contribution in [2.24, 2.45) is 5.92 Å². The van der Waals surface area contributed by atoms with Crippen LogP contribution >= 0.6 is 0 Å². The van der Waals surface area contributed by atoms with Gasteiger partial charge in [-0.1, -0.05) is 12.1 Å². The number of fused-ring (bicyclic) bond motifs is 1. The summed E-state index contributed by atoms with van der Waals surface area (Å²) in [5.74, 6) is -1.02. The van der Waals surface area contributed by atoms with E-state index < -0.39 is 12.0 Å². The molecule has 0 radical (unpaired) electrons. The molecule has 2 amide bonds. The molecule has 1 aliphatic rings. The number of hydrogen-bond acceptors (Lipinski definition) is 5. The van der Waals surface area contributed by atoms with E-state index in [4.69, 9.17) is 0 Å². The molecule has 2 unspecified atom stereocenters. The highest BCUT2D eigenvalue weighted by Gasteiger charge is 2.25. The average Bonchev–Trinajstić information content (AvgIpc) is 3.03. The van der Waals surface area contributed by atoms with Gasteiger partial charge < -0.3 is 26.0 Å². The van der Waals surface area contributed by atoms with Crippen LogP contribution < -0.4 is 21.4 Å². The molecule has 1 aromatic carbocycles. The van der Waals surface area contributed by atoms with Crippen LogP contribution in [0.4, 0.5) is 0 Å². The van der Waals surface area contributed by atoms with Crippen molar-refractivity contribution in [1.29, 1.82) is 0 Å². The van der Waals surface area contributed by atoms with Gasteiger partial charge in [-0.15, -0.1) is 0 Å². The Bertz CT molecular complexity index is 848. The van der Waals surface area contributed by atoms with E-state index in [-0.39, 0.29) is 29.4 Å². The van der Waals surface area contributed by atoms with Crippen LogP contribution in [0.1, 0.15) is 10.4 Å². The second-order valence-corrected chi connectivity index (χ2v) is 6.05. The number of aromatic amines is 1. The minimum atomic E-state index is -0.607. The predicted octanol–water partition coefficient (Wildman–Crippen LogP) is -1.05. The highest BCUT2D eigenvalue weighted by Crippen LogP contribution is 2.07. The summed E-state index contributed by atoms with van der Waals surface area (Å²) >= 11 is 0. The molecule has 8 heteroatoms. The van der Waals surface area contributed by atoms with E-state index in [1.807, 2.05) is 0 Å². The number of rotatable bonds is 5. The molecule has 25 heavy (non-hydrogen) atoms. The third-order valence-electron chi connectivity index (χ3n) is 4.31. The number of carbonyl (C=O) groups is 2. The highest BCUT2D eigenvalue weighted by atomic mass is 16.3. The minimum absolute atomic E-state index is 0.0389. The third-order valence-corrected chi connectivity index (χ3v) is 4.31. The molecule has 2 aromatic rings. The maximum absolute atomic E-state index is 12.3. The average molecular weight is 344 g/mol. The van der Waals surface area contributed by atoms with Crippen LogP contribution in [0, 0.1) is 5.92 Å². The van der Waals surface area contributed by atoms with Crippen molar-refractivity contribution < 1.29 is 14.7 Å². The maximum Gasteiger partial charge on any atom is 0.257 e. The largest absolute Gasteiger partial charge is 0.391 e. The molecular formula is C17H20N4O4. The van der Waals surface area contributed by atoms with Gasteiger partial charge in [-0.3, -0.25) is 14.4 Å². The van der Waals surface area contributed by atoms with Gasteiger partial charge in [0.25, 0.3) is 5.91 Å². The number of carbonyl (C=O) groups excluding carboxylic acids is 2. The Morgan fingerprint density at radius 1 is 1.20 bits per heavy atom. The Hall–Kier alpha value is -2.71. The molecule has 1 aromatic heterocycles.